The molecule has 0 amide bonds. The quantitative estimate of drug-likeness (QED) is 0.569. The number of aliphatic imine (C=N–C) groups is 4. The van der Waals surface area contributed by atoms with Gasteiger partial charge in [0.15, 0.2) is 0 Å². The van der Waals surface area contributed by atoms with Crippen molar-refractivity contribution in [3.63, 3.8) is 0 Å². The summed E-state index contributed by atoms with van der Waals surface area (Å²) in [5.74, 6) is -0.443. The fourth-order valence-electron chi connectivity index (χ4n) is 1.26. The van der Waals surface area contributed by atoms with Gasteiger partial charge in [-0.15, -0.1) is 6.58 Å². The van der Waals surface area contributed by atoms with Gasteiger partial charge in [-0.1, -0.05) is 6.08 Å². The summed E-state index contributed by atoms with van der Waals surface area (Å²) in [6.45, 7) is 3.59. The van der Waals surface area contributed by atoms with E-state index in [4.69, 9.17) is 11.5 Å². The molecule has 0 saturated carbocycles. The van der Waals surface area contributed by atoms with Crippen molar-refractivity contribution in [1.82, 2.24) is 0 Å². The van der Waals surface area contributed by atoms with Crippen molar-refractivity contribution in [2.75, 3.05) is 0 Å². The highest BCUT2D eigenvalue weighted by molar-refractivity contribution is 6.40. The zero-order valence-electron chi connectivity index (χ0n) is 7.51. The number of nitrogens with zero attached hydrogens (tertiary/aromatic N) is 4. The Morgan fingerprint density at radius 2 is 2.29 bits per heavy atom. The van der Waals surface area contributed by atoms with Crippen molar-refractivity contribution in [1.29, 1.82) is 0 Å². The molecule has 0 radical (unpaired) electrons. The molecule has 1 unspecified atom stereocenters. The SMILES string of the molecule is C=CCC1=NC2(N)N=C(N)N=CC2=N1. The Labute approximate surface area is 80.9 Å². The van der Waals surface area contributed by atoms with Crippen LogP contribution in [-0.4, -0.2) is 29.5 Å². The number of hydrogen-bond donors (Lipinski definition) is 2. The summed E-state index contributed by atoms with van der Waals surface area (Å²) >= 11 is 0. The fourth-order valence-corrected chi connectivity index (χ4v) is 1.26. The van der Waals surface area contributed by atoms with Crippen molar-refractivity contribution in [3.05, 3.63) is 12.7 Å². The number of hydrogen-bond acceptors (Lipinski definition) is 6. The van der Waals surface area contributed by atoms with Crippen molar-refractivity contribution >= 4 is 23.7 Å². The second-order valence-electron chi connectivity index (χ2n) is 2.97. The summed E-state index contributed by atoms with van der Waals surface area (Å²) in [4.78, 5) is 16.0. The zero-order chi connectivity index (χ0) is 10.2. The highest BCUT2D eigenvalue weighted by atomic mass is 15.3. The van der Waals surface area contributed by atoms with E-state index in [-0.39, 0.29) is 5.96 Å². The molecule has 0 bridgehead atoms. The summed E-state index contributed by atoms with van der Waals surface area (Å²) in [5.41, 5.74) is 11.8. The summed E-state index contributed by atoms with van der Waals surface area (Å²) in [6.07, 6.45) is 3.75. The third kappa shape index (κ3) is 1.25. The van der Waals surface area contributed by atoms with Gasteiger partial charge in [-0.3, -0.25) is 5.73 Å². The highest BCUT2D eigenvalue weighted by Gasteiger charge is 2.36. The van der Waals surface area contributed by atoms with E-state index in [2.05, 4.69) is 26.5 Å². The van der Waals surface area contributed by atoms with Crippen LogP contribution >= 0.6 is 0 Å². The van der Waals surface area contributed by atoms with Crippen LogP contribution in [0.4, 0.5) is 0 Å². The normalized spacial score (nSPS) is 29.1. The first-order chi connectivity index (χ1) is 6.64. The second-order valence-corrected chi connectivity index (χ2v) is 2.97. The number of fused-ring (bicyclic) bond motifs is 1. The van der Waals surface area contributed by atoms with Crippen LogP contribution in [0.15, 0.2) is 32.6 Å². The monoisotopic (exact) mass is 190 g/mol. The van der Waals surface area contributed by atoms with Crippen LogP contribution < -0.4 is 11.5 Å². The molecule has 1 atom stereocenters. The van der Waals surface area contributed by atoms with Crippen LogP contribution in [0.25, 0.3) is 0 Å². The van der Waals surface area contributed by atoms with Gasteiger partial charge in [0.2, 0.25) is 5.96 Å². The lowest BCUT2D eigenvalue weighted by atomic mass is 10.2. The lowest BCUT2D eigenvalue weighted by Gasteiger charge is -2.18. The van der Waals surface area contributed by atoms with Gasteiger partial charge in [0.05, 0.1) is 6.21 Å². The maximum absolute atomic E-state index is 5.86. The van der Waals surface area contributed by atoms with Crippen LogP contribution in [-0.2, 0) is 0 Å². The van der Waals surface area contributed by atoms with Gasteiger partial charge in [-0.2, -0.15) is 4.99 Å². The van der Waals surface area contributed by atoms with Gasteiger partial charge in [-0.05, 0) is 0 Å². The van der Waals surface area contributed by atoms with E-state index in [9.17, 15) is 0 Å². The molecule has 6 nitrogen and oxygen atoms in total. The summed E-state index contributed by atoms with van der Waals surface area (Å²) in [5, 5.41) is 0. The Balaban J connectivity index is 2.38. The van der Waals surface area contributed by atoms with Crippen molar-refractivity contribution in [2.24, 2.45) is 31.4 Å². The first-order valence-electron chi connectivity index (χ1n) is 4.11. The summed E-state index contributed by atoms with van der Waals surface area (Å²) in [7, 11) is 0. The van der Waals surface area contributed by atoms with Crippen molar-refractivity contribution in [2.45, 2.75) is 12.2 Å². The lowest BCUT2D eigenvalue weighted by molar-refractivity contribution is 0.643. The van der Waals surface area contributed by atoms with Crippen LogP contribution in [0.3, 0.4) is 0 Å². The molecule has 2 heterocycles. The molecule has 14 heavy (non-hydrogen) atoms. The van der Waals surface area contributed by atoms with Gasteiger partial charge in [0.1, 0.15) is 11.5 Å². The van der Waals surface area contributed by atoms with E-state index in [0.29, 0.717) is 18.0 Å². The van der Waals surface area contributed by atoms with E-state index in [1.54, 1.807) is 6.08 Å². The number of amidine groups is 1. The van der Waals surface area contributed by atoms with Gasteiger partial charge < -0.3 is 5.73 Å². The van der Waals surface area contributed by atoms with Crippen LogP contribution in [0, 0.1) is 0 Å². The molecule has 0 spiro atoms. The predicted octanol–water partition coefficient (Wildman–Crippen LogP) is -0.573. The molecule has 0 aromatic carbocycles. The number of rotatable bonds is 2. The molecule has 72 valence electrons. The fraction of sp³-hybridized carbons (Fsp3) is 0.250. The molecule has 2 rings (SSSR count). The van der Waals surface area contributed by atoms with Crippen molar-refractivity contribution in [3.8, 4) is 0 Å². The lowest BCUT2D eigenvalue weighted by Crippen LogP contribution is -2.47. The number of guanidine groups is 1. The van der Waals surface area contributed by atoms with Crippen LogP contribution in [0.5, 0.6) is 0 Å². The van der Waals surface area contributed by atoms with E-state index in [0.717, 1.165) is 0 Å². The molecular weight excluding hydrogens is 180 g/mol. The molecule has 2 aliphatic heterocycles. The van der Waals surface area contributed by atoms with E-state index in [1.807, 2.05) is 0 Å². The molecule has 2 aliphatic rings. The zero-order valence-corrected chi connectivity index (χ0v) is 7.51. The van der Waals surface area contributed by atoms with E-state index < -0.39 is 5.79 Å². The Morgan fingerprint density at radius 3 is 3.00 bits per heavy atom. The third-order valence-electron chi connectivity index (χ3n) is 1.86. The van der Waals surface area contributed by atoms with Crippen LogP contribution in [0.1, 0.15) is 6.42 Å². The molecule has 0 saturated heterocycles. The minimum Gasteiger partial charge on any atom is -0.368 e. The molecule has 0 fully saturated rings. The average Bonchev–Trinajstić information content (AvgIpc) is 2.40. The average molecular weight is 190 g/mol. The summed E-state index contributed by atoms with van der Waals surface area (Å²) in [6, 6.07) is 0. The van der Waals surface area contributed by atoms with Crippen LogP contribution in [0.2, 0.25) is 0 Å². The Bertz CT molecular complexity index is 402. The van der Waals surface area contributed by atoms with E-state index in [1.165, 1.54) is 6.21 Å². The molecular formula is C8H10N6. The Hall–Kier alpha value is -1.82. The molecule has 0 aromatic heterocycles. The van der Waals surface area contributed by atoms with Gasteiger partial charge in [0, 0.05) is 6.42 Å². The first-order valence-corrected chi connectivity index (χ1v) is 4.11. The molecule has 0 aliphatic carbocycles. The Kier molecular flexibility index (Phi) is 1.78. The van der Waals surface area contributed by atoms with Gasteiger partial charge in [-0.25, -0.2) is 15.0 Å². The maximum atomic E-state index is 5.86. The minimum absolute atomic E-state index is 0.120. The largest absolute Gasteiger partial charge is 0.368 e. The Morgan fingerprint density at radius 1 is 1.50 bits per heavy atom. The topological polar surface area (TPSA) is 101 Å². The van der Waals surface area contributed by atoms with E-state index >= 15 is 0 Å². The molecule has 4 N–H and O–H groups in total. The maximum Gasteiger partial charge on any atom is 0.252 e. The van der Waals surface area contributed by atoms with Crippen molar-refractivity contribution < 1.29 is 0 Å². The second kappa shape index (κ2) is 2.85. The first kappa shape index (κ1) is 8.76. The van der Waals surface area contributed by atoms with Gasteiger partial charge in [0.25, 0.3) is 5.79 Å². The smallest absolute Gasteiger partial charge is 0.252 e. The predicted molar refractivity (Wildman–Crippen MR) is 56.7 cm³/mol. The molecule has 0 aromatic rings. The highest BCUT2D eigenvalue weighted by Crippen LogP contribution is 2.18. The van der Waals surface area contributed by atoms with Gasteiger partial charge >= 0.3 is 0 Å². The summed E-state index contributed by atoms with van der Waals surface area (Å²) < 4.78 is 0. The standard InChI is InChI=1S/C8H10N6/c1-2-3-6-12-5-4-11-7(9)14-8(5,10)13-6/h2,4H,1,3,10H2,(H2,9,14). The minimum atomic E-state index is -1.16. The number of nitrogens with two attached hydrogens (primary N) is 2. The third-order valence-corrected chi connectivity index (χ3v) is 1.86. The molecule has 6 heteroatoms.